The fourth-order valence-corrected chi connectivity index (χ4v) is 2.22. The number of amides is 1. The van der Waals surface area contributed by atoms with E-state index in [1.165, 1.54) is 0 Å². The average molecular weight is 342 g/mol. The number of anilines is 2. The molecule has 1 aromatic heterocycles. The highest BCUT2D eigenvalue weighted by molar-refractivity contribution is 5.90. The minimum atomic E-state index is -1.03. The minimum Gasteiger partial charge on any atom is -0.480 e. The predicted octanol–water partition coefficient (Wildman–Crippen LogP) is 1.87. The number of carbonyl (C=O) groups is 2. The molecule has 25 heavy (non-hydrogen) atoms. The monoisotopic (exact) mass is 342 g/mol. The van der Waals surface area contributed by atoms with Gasteiger partial charge in [-0.05, 0) is 42.7 Å². The Hall–Kier alpha value is -2.93. The minimum absolute atomic E-state index is 0.0715. The van der Waals surface area contributed by atoms with Gasteiger partial charge in [0, 0.05) is 24.8 Å². The number of carboxylic acid groups (broad SMARTS) is 1. The van der Waals surface area contributed by atoms with Crippen LogP contribution in [0.25, 0.3) is 0 Å². The first kappa shape index (κ1) is 18.4. The predicted molar refractivity (Wildman–Crippen MR) is 96.3 cm³/mol. The molecule has 0 aliphatic heterocycles. The fraction of sp³-hybridized carbons (Fsp3) is 0.278. The standard InChI is InChI=1S/C18H22N4O3/c19-15(18(24)25)12-13-6-8-14(9-7-13)22-17(23)5-3-11-21-16-4-1-2-10-20-16/h1-2,4,6-10,15H,3,5,11-12,19H2,(H,20,21)(H,22,23)(H,24,25)/t15-/m0/s1. The van der Waals surface area contributed by atoms with E-state index in [4.69, 9.17) is 10.8 Å². The molecule has 0 fully saturated rings. The fourth-order valence-electron chi connectivity index (χ4n) is 2.22. The first-order valence-electron chi connectivity index (χ1n) is 8.06. The molecule has 1 amide bonds. The summed E-state index contributed by atoms with van der Waals surface area (Å²) in [7, 11) is 0. The Labute approximate surface area is 146 Å². The van der Waals surface area contributed by atoms with E-state index in [-0.39, 0.29) is 12.3 Å². The van der Waals surface area contributed by atoms with Gasteiger partial charge in [-0.25, -0.2) is 4.98 Å². The number of rotatable bonds is 9. The number of carboxylic acids is 1. The summed E-state index contributed by atoms with van der Waals surface area (Å²) in [6.07, 6.45) is 3.05. The summed E-state index contributed by atoms with van der Waals surface area (Å²) in [5, 5.41) is 14.8. The highest BCUT2D eigenvalue weighted by Gasteiger charge is 2.12. The smallest absolute Gasteiger partial charge is 0.320 e. The molecule has 132 valence electrons. The molecule has 0 saturated carbocycles. The van der Waals surface area contributed by atoms with Crippen molar-refractivity contribution >= 4 is 23.4 Å². The van der Waals surface area contributed by atoms with Crippen LogP contribution in [-0.2, 0) is 16.0 Å². The third-order valence-corrected chi connectivity index (χ3v) is 3.56. The molecule has 0 radical (unpaired) electrons. The zero-order valence-corrected chi connectivity index (χ0v) is 13.8. The molecule has 1 aromatic carbocycles. The van der Waals surface area contributed by atoms with Crippen LogP contribution in [0, 0.1) is 0 Å². The van der Waals surface area contributed by atoms with Gasteiger partial charge in [-0.2, -0.15) is 0 Å². The molecular weight excluding hydrogens is 320 g/mol. The molecule has 0 aliphatic rings. The van der Waals surface area contributed by atoms with Crippen molar-refractivity contribution in [3.8, 4) is 0 Å². The second-order valence-electron chi connectivity index (χ2n) is 5.64. The zero-order chi connectivity index (χ0) is 18.1. The van der Waals surface area contributed by atoms with Gasteiger partial charge in [0.2, 0.25) is 5.91 Å². The molecule has 0 saturated heterocycles. The van der Waals surface area contributed by atoms with Crippen molar-refractivity contribution in [1.29, 1.82) is 0 Å². The Morgan fingerprint density at radius 1 is 1.16 bits per heavy atom. The van der Waals surface area contributed by atoms with Gasteiger partial charge >= 0.3 is 5.97 Å². The van der Waals surface area contributed by atoms with Gasteiger partial charge in [0.25, 0.3) is 0 Å². The lowest BCUT2D eigenvalue weighted by Crippen LogP contribution is -2.32. The Morgan fingerprint density at radius 3 is 2.56 bits per heavy atom. The van der Waals surface area contributed by atoms with E-state index < -0.39 is 12.0 Å². The molecule has 2 rings (SSSR count). The van der Waals surface area contributed by atoms with Gasteiger partial charge in [0.15, 0.2) is 0 Å². The summed E-state index contributed by atoms with van der Waals surface area (Å²) in [6, 6.07) is 11.7. The van der Waals surface area contributed by atoms with Crippen molar-refractivity contribution in [2.75, 3.05) is 17.2 Å². The van der Waals surface area contributed by atoms with Gasteiger partial charge in [-0.1, -0.05) is 18.2 Å². The number of aromatic nitrogens is 1. The van der Waals surface area contributed by atoms with Gasteiger partial charge in [-0.15, -0.1) is 0 Å². The number of pyridine rings is 1. The van der Waals surface area contributed by atoms with Crippen LogP contribution >= 0.6 is 0 Å². The number of nitrogens with two attached hydrogens (primary N) is 1. The molecule has 2 aromatic rings. The summed E-state index contributed by atoms with van der Waals surface area (Å²) in [5.74, 6) is -0.312. The molecule has 7 nitrogen and oxygen atoms in total. The third kappa shape index (κ3) is 6.60. The van der Waals surface area contributed by atoms with Crippen molar-refractivity contribution in [3.63, 3.8) is 0 Å². The molecule has 1 atom stereocenters. The van der Waals surface area contributed by atoms with E-state index in [0.717, 1.165) is 11.4 Å². The Balaban J connectivity index is 1.70. The summed E-state index contributed by atoms with van der Waals surface area (Å²) in [5.41, 5.74) is 6.99. The van der Waals surface area contributed by atoms with Crippen LogP contribution in [0.15, 0.2) is 48.7 Å². The highest BCUT2D eigenvalue weighted by Crippen LogP contribution is 2.12. The van der Waals surface area contributed by atoms with Crippen LogP contribution in [0.3, 0.4) is 0 Å². The number of hydrogen-bond donors (Lipinski definition) is 4. The third-order valence-electron chi connectivity index (χ3n) is 3.56. The van der Waals surface area contributed by atoms with E-state index in [9.17, 15) is 9.59 Å². The quantitative estimate of drug-likeness (QED) is 0.517. The van der Waals surface area contributed by atoms with Gasteiger partial charge in [-0.3, -0.25) is 9.59 Å². The molecule has 7 heteroatoms. The van der Waals surface area contributed by atoms with Crippen LogP contribution in [-0.4, -0.2) is 34.6 Å². The van der Waals surface area contributed by atoms with Crippen LogP contribution < -0.4 is 16.4 Å². The van der Waals surface area contributed by atoms with E-state index in [2.05, 4.69) is 15.6 Å². The van der Waals surface area contributed by atoms with Crippen molar-refractivity contribution in [1.82, 2.24) is 4.98 Å². The number of aliphatic carboxylic acids is 1. The second-order valence-corrected chi connectivity index (χ2v) is 5.64. The van der Waals surface area contributed by atoms with Gasteiger partial charge in [0.05, 0.1) is 0 Å². The molecule has 0 unspecified atom stereocenters. The number of hydrogen-bond acceptors (Lipinski definition) is 5. The normalized spacial score (nSPS) is 11.6. The zero-order valence-electron chi connectivity index (χ0n) is 13.8. The lowest BCUT2D eigenvalue weighted by Gasteiger charge is -2.09. The first-order valence-corrected chi connectivity index (χ1v) is 8.06. The van der Waals surface area contributed by atoms with E-state index >= 15 is 0 Å². The lowest BCUT2D eigenvalue weighted by atomic mass is 10.1. The molecular formula is C18H22N4O3. The van der Waals surface area contributed by atoms with Crippen molar-refractivity contribution < 1.29 is 14.7 Å². The number of nitrogens with one attached hydrogen (secondary N) is 2. The molecule has 5 N–H and O–H groups in total. The largest absolute Gasteiger partial charge is 0.480 e. The Kier molecular flexibility index (Phi) is 6.91. The SMILES string of the molecule is N[C@@H](Cc1ccc(NC(=O)CCCNc2ccccn2)cc1)C(=O)O. The van der Waals surface area contributed by atoms with Crippen molar-refractivity contribution in [3.05, 3.63) is 54.2 Å². The summed E-state index contributed by atoms with van der Waals surface area (Å²) in [4.78, 5) is 26.8. The van der Waals surface area contributed by atoms with E-state index in [0.29, 0.717) is 25.1 Å². The maximum atomic E-state index is 11.9. The number of carbonyl (C=O) groups excluding carboxylic acids is 1. The second kappa shape index (κ2) is 9.39. The van der Waals surface area contributed by atoms with E-state index in [1.807, 2.05) is 18.2 Å². The van der Waals surface area contributed by atoms with Crippen molar-refractivity contribution in [2.24, 2.45) is 5.73 Å². The maximum Gasteiger partial charge on any atom is 0.320 e. The van der Waals surface area contributed by atoms with Crippen molar-refractivity contribution in [2.45, 2.75) is 25.3 Å². The summed E-state index contributed by atoms with van der Waals surface area (Å²) in [6.45, 7) is 0.663. The Morgan fingerprint density at radius 2 is 1.92 bits per heavy atom. The molecule has 0 bridgehead atoms. The van der Waals surface area contributed by atoms with Gasteiger partial charge < -0.3 is 21.5 Å². The van der Waals surface area contributed by atoms with Crippen LogP contribution in [0.1, 0.15) is 18.4 Å². The molecule has 1 heterocycles. The Bertz CT molecular complexity index is 689. The van der Waals surface area contributed by atoms with Crippen LogP contribution in [0.5, 0.6) is 0 Å². The van der Waals surface area contributed by atoms with Crippen LogP contribution in [0.2, 0.25) is 0 Å². The molecule has 0 aliphatic carbocycles. The maximum absolute atomic E-state index is 11.9. The molecule has 0 spiro atoms. The highest BCUT2D eigenvalue weighted by atomic mass is 16.4. The van der Waals surface area contributed by atoms with Crippen LogP contribution in [0.4, 0.5) is 11.5 Å². The summed E-state index contributed by atoms with van der Waals surface area (Å²) < 4.78 is 0. The first-order chi connectivity index (χ1) is 12.0. The number of nitrogens with zero attached hydrogens (tertiary/aromatic N) is 1. The van der Waals surface area contributed by atoms with E-state index in [1.54, 1.807) is 30.5 Å². The average Bonchev–Trinajstić information content (AvgIpc) is 2.61. The van der Waals surface area contributed by atoms with Gasteiger partial charge in [0.1, 0.15) is 11.9 Å². The summed E-state index contributed by atoms with van der Waals surface area (Å²) >= 11 is 0. The topological polar surface area (TPSA) is 117 Å². The number of benzene rings is 1. The lowest BCUT2D eigenvalue weighted by molar-refractivity contribution is -0.138.